The lowest BCUT2D eigenvalue weighted by Crippen LogP contribution is -2.43. The number of aliphatic hydroxyl groups is 1. The third kappa shape index (κ3) is 2.54. The van der Waals surface area contributed by atoms with Gasteiger partial charge < -0.3 is 15.9 Å². The Hall–Kier alpha value is -0.870. The molecule has 0 saturated heterocycles. The summed E-state index contributed by atoms with van der Waals surface area (Å²) in [6.07, 6.45) is 4.68. The molecule has 0 radical (unpaired) electrons. The van der Waals surface area contributed by atoms with Gasteiger partial charge in [-0.25, -0.2) is 0 Å². The Morgan fingerprint density at radius 2 is 2.23 bits per heavy atom. The van der Waals surface area contributed by atoms with Crippen molar-refractivity contribution in [1.29, 1.82) is 0 Å². The molecule has 4 nitrogen and oxygen atoms in total. The molecule has 0 amide bonds. The highest BCUT2D eigenvalue weighted by molar-refractivity contribution is 5.74. The van der Waals surface area contributed by atoms with Crippen LogP contribution in [0, 0.1) is 0 Å². The zero-order valence-corrected chi connectivity index (χ0v) is 7.44. The van der Waals surface area contributed by atoms with Crippen molar-refractivity contribution in [3.63, 3.8) is 0 Å². The van der Waals surface area contributed by atoms with Crippen molar-refractivity contribution in [3.05, 3.63) is 11.6 Å². The molecule has 1 aliphatic carbocycles. The van der Waals surface area contributed by atoms with Crippen LogP contribution in [0.3, 0.4) is 0 Å². The quantitative estimate of drug-likeness (QED) is 0.551. The van der Waals surface area contributed by atoms with Gasteiger partial charge in [0.25, 0.3) is 0 Å². The van der Waals surface area contributed by atoms with Crippen LogP contribution in [0.2, 0.25) is 0 Å². The summed E-state index contributed by atoms with van der Waals surface area (Å²) in [5.41, 5.74) is 6.08. The molecule has 0 bridgehead atoms. The van der Waals surface area contributed by atoms with Gasteiger partial charge in [0.2, 0.25) is 0 Å². The van der Waals surface area contributed by atoms with Crippen LogP contribution in [0.15, 0.2) is 11.6 Å². The van der Waals surface area contributed by atoms with Crippen molar-refractivity contribution < 1.29 is 15.0 Å². The van der Waals surface area contributed by atoms with Crippen LogP contribution in [-0.2, 0) is 4.79 Å². The highest BCUT2D eigenvalue weighted by Gasteiger charge is 2.25. The number of hydrogen-bond donors (Lipinski definition) is 3. The lowest BCUT2D eigenvalue weighted by atomic mass is 9.92. The fourth-order valence-corrected chi connectivity index (χ4v) is 1.50. The minimum atomic E-state index is -1.19. The largest absolute Gasteiger partial charge is 0.480 e. The van der Waals surface area contributed by atoms with Crippen LogP contribution in [0.4, 0.5) is 0 Å². The fourth-order valence-electron chi connectivity index (χ4n) is 1.50. The van der Waals surface area contributed by atoms with Crippen molar-refractivity contribution >= 4 is 5.97 Å². The van der Waals surface area contributed by atoms with E-state index in [1.807, 2.05) is 6.08 Å². The zero-order chi connectivity index (χ0) is 9.84. The molecule has 2 atom stereocenters. The van der Waals surface area contributed by atoms with Gasteiger partial charge in [-0.2, -0.15) is 0 Å². The summed E-state index contributed by atoms with van der Waals surface area (Å²) >= 11 is 0. The number of hydrogen-bond acceptors (Lipinski definition) is 3. The van der Waals surface area contributed by atoms with Gasteiger partial charge in [-0.05, 0) is 31.3 Å². The first-order valence-corrected chi connectivity index (χ1v) is 4.48. The van der Waals surface area contributed by atoms with Gasteiger partial charge in [-0.3, -0.25) is 4.79 Å². The summed E-state index contributed by atoms with van der Waals surface area (Å²) in [5.74, 6) is -1.15. The molecule has 1 rings (SSSR count). The smallest absolute Gasteiger partial charge is 0.323 e. The molecular weight excluding hydrogens is 170 g/mol. The number of rotatable bonds is 3. The second kappa shape index (κ2) is 4.39. The summed E-state index contributed by atoms with van der Waals surface area (Å²) in [6, 6.07) is -1.19. The summed E-state index contributed by atoms with van der Waals surface area (Å²) in [6.45, 7) is 0. The Bertz CT molecular complexity index is 225. The minimum absolute atomic E-state index is 0.766. The van der Waals surface area contributed by atoms with Crippen LogP contribution in [-0.4, -0.2) is 28.3 Å². The summed E-state index contributed by atoms with van der Waals surface area (Å²) in [4.78, 5) is 10.5. The Balaban J connectivity index is 2.60. The van der Waals surface area contributed by atoms with E-state index < -0.39 is 18.1 Å². The summed E-state index contributed by atoms with van der Waals surface area (Å²) < 4.78 is 0. The Kier molecular flexibility index (Phi) is 3.45. The van der Waals surface area contributed by atoms with E-state index in [2.05, 4.69) is 0 Å². The predicted octanol–water partition coefficient (Wildman–Crippen LogP) is 0.260. The maximum Gasteiger partial charge on any atom is 0.323 e. The van der Waals surface area contributed by atoms with Crippen molar-refractivity contribution in [2.45, 2.75) is 37.8 Å². The second-order valence-corrected chi connectivity index (χ2v) is 3.33. The van der Waals surface area contributed by atoms with Crippen molar-refractivity contribution in [3.8, 4) is 0 Å². The molecule has 0 aliphatic heterocycles. The summed E-state index contributed by atoms with van der Waals surface area (Å²) in [5, 5.41) is 18.1. The predicted molar refractivity (Wildman–Crippen MR) is 48.2 cm³/mol. The Morgan fingerprint density at radius 3 is 2.69 bits per heavy atom. The molecule has 0 aromatic rings. The lowest BCUT2D eigenvalue weighted by molar-refractivity contribution is -0.140. The fraction of sp³-hybridized carbons (Fsp3) is 0.667. The number of aliphatic hydroxyl groups excluding tert-OH is 1. The van der Waals surface area contributed by atoms with Crippen LogP contribution >= 0.6 is 0 Å². The van der Waals surface area contributed by atoms with E-state index in [0.29, 0.717) is 0 Å². The first-order chi connectivity index (χ1) is 6.13. The maximum absolute atomic E-state index is 10.5. The maximum atomic E-state index is 10.5. The Labute approximate surface area is 77.1 Å². The number of nitrogens with two attached hydrogens (primary N) is 1. The molecule has 74 valence electrons. The molecule has 0 aromatic heterocycles. The lowest BCUT2D eigenvalue weighted by Gasteiger charge is -2.21. The Morgan fingerprint density at radius 1 is 1.54 bits per heavy atom. The summed E-state index contributed by atoms with van der Waals surface area (Å²) in [7, 11) is 0. The molecule has 13 heavy (non-hydrogen) atoms. The first kappa shape index (κ1) is 10.2. The number of aliphatic carboxylic acids is 1. The van der Waals surface area contributed by atoms with Gasteiger partial charge in [0.1, 0.15) is 12.1 Å². The van der Waals surface area contributed by atoms with Crippen LogP contribution in [0.1, 0.15) is 25.7 Å². The highest BCUT2D eigenvalue weighted by Crippen LogP contribution is 2.21. The monoisotopic (exact) mass is 185 g/mol. The minimum Gasteiger partial charge on any atom is -0.480 e. The molecule has 1 unspecified atom stereocenters. The molecule has 0 aromatic carbocycles. The van der Waals surface area contributed by atoms with E-state index in [4.69, 9.17) is 10.8 Å². The van der Waals surface area contributed by atoms with E-state index >= 15 is 0 Å². The number of carboxylic acids is 1. The number of carboxylic acid groups (broad SMARTS) is 1. The van der Waals surface area contributed by atoms with E-state index in [1.54, 1.807) is 0 Å². The number of allylic oxidation sites excluding steroid dienone is 1. The molecule has 0 fully saturated rings. The van der Waals surface area contributed by atoms with Crippen LogP contribution in [0.5, 0.6) is 0 Å². The third-order valence-corrected chi connectivity index (χ3v) is 2.33. The standard InChI is InChI=1S/C9H15NO3/c10-7(9(12)13)8(11)6-4-2-1-3-5-6/h4,7-8,11H,1-3,5,10H2,(H,12,13)/t7-,8?/m0/s1. The normalized spacial score (nSPS) is 21.8. The zero-order valence-electron chi connectivity index (χ0n) is 7.44. The molecule has 4 heteroatoms. The SMILES string of the molecule is N[C@H](C(=O)O)C(O)C1=CCCCC1. The van der Waals surface area contributed by atoms with Crippen molar-refractivity contribution in [1.82, 2.24) is 0 Å². The van der Waals surface area contributed by atoms with Gasteiger partial charge in [-0.1, -0.05) is 6.08 Å². The number of carbonyl (C=O) groups is 1. The molecule has 4 N–H and O–H groups in total. The van der Waals surface area contributed by atoms with E-state index in [0.717, 1.165) is 31.3 Å². The molecular formula is C9H15NO3. The van der Waals surface area contributed by atoms with Crippen LogP contribution < -0.4 is 5.73 Å². The van der Waals surface area contributed by atoms with E-state index in [1.165, 1.54) is 0 Å². The molecule has 0 spiro atoms. The molecule has 0 saturated carbocycles. The van der Waals surface area contributed by atoms with Gasteiger partial charge in [0.05, 0.1) is 0 Å². The first-order valence-electron chi connectivity index (χ1n) is 4.48. The average Bonchev–Trinajstić information content (AvgIpc) is 2.17. The third-order valence-electron chi connectivity index (χ3n) is 2.33. The average molecular weight is 185 g/mol. The molecule has 1 aliphatic rings. The van der Waals surface area contributed by atoms with E-state index in [9.17, 15) is 9.90 Å². The second-order valence-electron chi connectivity index (χ2n) is 3.33. The van der Waals surface area contributed by atoms with Gasteiger partial charge >= 0.3 is 5.97 Å². The topological polar surface area (TPSA) is 83.6 Å². The highest BCUT2D eigenvalue weighted by atomic mass is 16.4. The van der Waals surface area contributed by atoms with Gasteiger partial charge in [0, 0.05) is 0 Å². The van der Waals surface area contributed by atoms with Gasteiger partial charge in [-0.15, -0.1) is 0 Å². The van der Waals surface area contributed by atoms with Crippen LogP contribution in [0.25, 0.3) is 0 Å². The van der Waals surface area contributed by atoms with E-state index in [-0.39, 0.29) is 0 Å². The van der Waals surface area contributed by atoms with Crippen molar-refractivity contribution in [2.24, 2.45) is 5.73 Å². The van der Waals surface area contributed by atoms with Crippen molar-refractivity contribution in [2.75, 3.05) is 0 Å². The molecule has 0 heterocycles. The van der Waals surface area contributed by atoms with Gasteiger partial charge in [0.15, 0.2) is 0 Å².